The van der Waals surface area contributed by atoms with Crippen LogP contribution >= 0.6 is 0 Å². The second-order valence-corrected chi connectivity index (χ2v) is 5.25. The van der Waals surface area contributed by atoms with Gasteiger partial charge in [0.2, 0.25) is 11.6 Å². The number of fused-ring (bicyclic) bond motifs is 1. The molecule has 1 aromatic rings. The molecule has 2 rings (SSSR count). The summed E-state index contributed by atoms with van der Waals surface area (Å²) in [6, 6.07) is 7.06. The molecular formula is C17H21NO2. The maximum Gasteiger partial charge on any atom is 0.247 e. The zero-order valence-electron chi connectivity index (χ0n) is 12.0. The first kappa shape index (κ1) is 14.6. The summed E-state index contributed by atoms with van der Waals surface area (Å²) in [5.41, 5.74) is 1.51. The molecule has 0 spiro atoms. The fourth-order valence-corrected chi connectivity index (χ4v) is 2.45. The van der Waals surface area contributed by atoms with E-state index >= 15 is 0 Å². The van der Waals surface area contributed by atoms with Gasteiger partial charge in [0.1, 0.15) is 0 Å². The number of hydrogen-bond acceptors (Lipinski definition) is 3. The van der Waals surface area contributed by atoms with Crippen molar-refractivity contribution in [2.75, 3.05) is 0 Å². The minimum absolute atomic E-state index is 0.406. The first-order valence-corrected chi connectivity index (χ1v) is 7.49. The van der Waals surface area contributed by atoms with Gasteiger partial charge in [-0.25, -0.2) is 4.99 Å². The van der Waals surface area contributed by atoms with Gasteiger partial charge in [0.05, 0.1) is 17.0 Å². The van der Waals surface area contributed by atoms with Crippen LogP contribution in [-0.4, -0.2) is 17.3 Å². The van der Waals surface area contributed by atoms with Crippen molar-refractivity contribution in [3.8, 4) is 0 Å². The summed E-state index contributed by atoms with van der Waals surface area (Å²) in [5, 5.41) is 0. The van der Waals surface area contributed by atoms with Crippen LogP contribution in [0.5, 0.6) is 0 Å². The Hall–Kier alpha value is -1.77. The molecule has 1 aromatic carbocycles. The number of benzene rings is 1. The van der Waals surface area contributed by atoms with Crippen molar-refractivity contribution in [2.24, 2.45) is 4.99 Å². The fraction of sp³-hybridized carbons (Fsp3) is 0.471. The number of hydrogen-bond donors (Lipinski definition) is 0. The van der Waals surface area contributed by atoms with Gasteiger partial charge in [-0.1, -0.05) is 51.2 Å². The molecule has 20 heavy (non-hydrogen) atoms. The number of nitrogens with zero attached hydrogens (tertiary/aromatic N) is 1. The van der Waals surface area contributed by atoms with Gasteiger partial charge < -0.3 is 0 Å². The van der Waals surface area contributed by atoms with Crippen LogP contribution in [-0.2, 0) is 4.79 Å². The van der Waals surface area contributed by atoms with Crippen LogP contribution in [0.2, 0.25) is 0 Å². The zero-order chi connectivity index (χ0) is 14.4. The van der Waals surface area contributed by atoms with Crippen LogP contribution in [0.3, 0.4) is 0 Å². The Kier molecular flexibility index (Phi) is 5.22. The van der Waals surface area contributed by atoms with Crippen molar-refractivity contribution in [3.63, 3.8) is 0 Å². The molecule has 3 heteroatoms. The van der Waals surface area contributed by atoms with E-state index in [1.807, 2.05) is 6.07 Å². The lowest BCUT2D eigenvalue weighted by molar-refractivity contribution is -0.109. The topological polar surface area (TPSA) is 46.5 Å². The molecule has 3 nitrogen and oxygen atoms in total. The van der Waals surface area contributed by atoms with Gasteiger partial charge in [0.15, 0.2) is 0 Å². The summed E-state index contributed by atoms with van der Waals surface area (Å²) in [5.74, 6) is -0.825. The quantitative estimate of drug-likeness (QED) is 0.549. The molecule has 0 aromatic heterocycles. The molecule has 0 atom stereocenters. The van der Waals surface area contributed by atoms with Gasteiger partial charge in [0.25, 0.3) is 0 Å². The van der Waals surface area contributed by atoms with Crippen LogP contribution in [0, 0.1) is 0 Å². The summed E-state index contributed by atoms with van der Waals surface area (Å²) < 4.78 is 0. The van der Waals surface area contributed by atoms with Crippen LogP contribution in [0.1, 0.15) is 62.2 Å². The summed E-state index contributed by atoms with van der Waals surface area (Å²) in [7, 11) is 0. The second-order valence-electron chi connectivity index (χ2n) is 5.25. The normalized spacial score (nSPS) is 14.2. The Morgan fingerprint density at radius 1 is 0.900 bits per heavy atom. The predicted molar refractivity (Wildman–Crippen MR) is 80.9 cm³/mol. The van der Waals surface area contributed by atoms with E-state index in [0.717, 1.165) is 12.8 Å². The Balaban J connectivity index is 1.93. The number of ketones is 2. The van der Waals surface area contributed by atoms with Crippen molar-refractivity contribution in [2.45, 2.75) is 51.9 Å². The molecule has 0 N–H and O–H groups in total. The van der Waals surface area contributed by atoms with Crippen molar-refractivity contribution in [3.05, 3.63) is 29.8 Å². The number of rotatable bonds is 7. The SMILES string of the molecule is CCCCCCCCC1=Nc2ccccc2C(=O)C1=O. The van der Waals surface area contributed by atoms with Crippen LogP contribution in [0.15, 0.2) is 29.3 Å². The molecule has 106 valence electrons. The highest BCUT2D eigenvalue weighted by molar-refractivity contribution is 6.70. The molecule has 0 radical (unpaired) electrons. The van der Waals surface area contributed by atoms with Gasteiger partial charge in [-0.15, -0.1) is 0 Å². The van der Waals surface area contributed by atoms with Crippen LogP contribution in [0.4, 0.5) is 5.69 Å². The van der Waals surface area contributed by atoms with Gasteiger partial charge in [-0.3, -0.25) is 9.59 Å². The average Bonchev–Trinajstić information content (AvgIpc) is 2.47. The third-order valence-electron chi connectivity index (χ3n) is 3.64. The Bertz CT molecular complexity index is 532. The van der Waals surface area contributed by atoms with Crippen molar-refractivity contribution in [1.29, 1.82) is 0 Å². The Labute approximate surface area is 120 Å². The average molecular weight is 271 g/mol. The predicted octanol–water partition coefficient (Wildman–Crippen LogP) is 4.28. The second kappa shape index (κ2) is 7.13. The summed E-state index contributed by atoms with van der Waals surface area (Å²) in [6.07, 6.45) is 7.59. The molecule has 1 aliphatic heterocycles. The minimum Gasteiger partial charge on any atom is -0.285 e. The first-order valence-electron chi connectivity index (χ1n) is 7.49. The summed E-state index contributed by atoms with van der Waals surface area (Å²) in [6.45, 7) is 2.19. The van der Waals surface area contributed by atoms with E-state index < -0.39 is 11.6 Å². The lowest BCUT2D eigenvalue weighted by atomic mass is 9.96. The monoisotopic (exact) mass is 271 g/mol. The highest BCUT2D eigenvalue weighted by Crippen LogP contribution is 2.25. The number of para-hydroxylation sites is 1. The third-order valence-corrected chi connectivity index (χ3v) is 3.64. The standard InChI is InChI=1S/C17H21NO2/c1-2-3-4-5-6-7-12-15-17(20)16(19)13-10-8-9-11-14(13)18-15/h8-11H,2-7,12H2,1H3. The van der Waals surface area contributed by atoms with Crippen molar-refractivity contribution < 1.29 is 9.59 Å². The summed E-state index contributed by atoms with van der Waals surface area (Å²) in [4.78, 5) is 28.3. The molecule has 0 amide bonds. The fourth-order valence-electron chi connectivity index (χ4n) is 2.45. The van der Waals surface area contributed by atoms with Gasteiger partial charge in [0, 0.05) is 0 Å². The lowest BCUT2D eigenvalue weighted by Gasteiger charge is -2.13. The largest absolute Gasteiger partial charge is 0.285 e. The Morgan fingerprint density at radius 3 is 2.40 bits per heavy atom. The van der Waals surface area contributed by atoms with E-state index in [0.29, 0.717) is 23.4 Å². The van der Waals surface area contributed by atoms with E-state index in [9.17, 15) is 9.59 Å². The number of carbonyl (C=O) groups excluding carboxylic acids is 2. The molecular weight excluding hydrogens is 250 g/mol. The van der Waals surface area contributed by atoms with E-state index in [-0.39, 0.29) is 0 Å². The Morgan fingerprint density at radius 2 is 1.60 bits per heavy atom. The summed E-state index contributed by atoms with van der Waals surface area (Å²) >= 11 is 0. The number of carbonyl (C=O) groups is 2. The molecule has 0 unspecified atom stereocenters. The van der Waals surface area contributed by atoms with Crippen molar-refractivity contribution in [1.82, 2.24) is 0 Å². The zero-order valence-corrected chi connectivity index (χ0v) is 12.0. The number of Topliss-reactive ketones (excluding diaryl/α,β-unsaturated/α-hetero) is 2. The molecule has 0 saturated carbocycles. The van der Waals surface area contributed by atoms with E-state index in [2.05, 4.69) is 11.9 Å². The maximum absolute atomic E-state index is 12.0. The van der Waals surface area contributed by atoms with E-state index in [1.54, 1.807) is 18.2 Å². The number of aliphatic imine (C=N–C) groups is 1. The molecule has 0 aliphatic carbocycles. The highest BCUT2D eigenvalue weighted by Gasteiger charge is 2.28. The molecule has 0 saturated heterocycles. The molecule has 0 bridgehead atoms. The van der Waals surface area contributed by atoms with Crippen molar-refractivity contribution >= 4 is 23.0 Å². The first-order chi connectivity index (χ1) is 9.74. The van der Waals surface area contributed by atoms with E-state index in [1.165, 1.54) is 25.7 Å². The van der Waals surface area contributed by atoms with Gasteiger partial charge >= 0.3 is 0 Å². The maximum atomic E-state index is 12.0. The van der Waals surface area contributed by atoms with Gasteiger partial charge in [-0.2, -0.15) is 0 Å². The van der Waals surface area contributed by atoms with Crippen LogP contribution < -0.4 is 0 Å². The lowest BCUT2D eigenvalue weighted by Crippen LogP contribution is -2.27. The minimum atomic E-state index is -0.419. The highest BCUT2D eigenvalue weighted by atomic mass is 16.2. The smallest absolute Gasteiger partial charge is 0.247 e. The molecule has 0 fully saturated rings. The van der Waals surface area contributed by atoms with E-state index in [4.69, 9.17) is 0 Å². The van der Waals surface area contributed by atoms with Crippen LogP contribution in [0.25, 0.3) is 0 Å². The molecule has 1 aliphatic rings. The molecule has 1 heterocycles. The van der Waals surface area contributed by atoms with Gasteiger partial charge in [-0.05, 0) is 25.0 Å². The number of unbranched alkanes of at least 4 members (excludes halogenated alkanes) is 5. The third kappa shape index (κ3) is 3.41.